The van der Waals surface area contributed by atoms with Crippen molar-refractivity contribution in [3.05, 3.63) is 27.7 Å². The van der Waals surface area contributed by atoms with Crippen molar-refractivity contribution in [3.8, 4) is 0 Å². The molecule has 116 valence electrons. The van der Waals surface area contributed by atoms with E-state index in [0.717, 1.165) is 22.6 Å². The summed E-state index contributed by atoms with van der Waals surface area (Å²) in [7, 11) is 0. The predicted molar refractivity (Wildman–Crippen MR) is 87.1 cm³/mol. The number of fused-ring (bicyclic) bond motifs is 1. The molecule has 2 aromatic rings. The maximum atomic E-state index is 12.4. The van der Waals surface area contributed by atoms with E-state index in [1.54, 1.807) is 3.96 Å². The van der Waals surface area contributed by atoms with E-state index in [4.69, 9.17) is 0 Å². The third-order valence-corrected chi connectivity index (χ3v) is 4.26. The van der Waals surface area contributed by atoms with E-state index < -0.39 is 6.10 Å². The van der Waals surface area contributed by atoms with Crippen molar-refractivity contribution in [2.45, 2.75) is 40.3 Å². The van der Waals surface area contributed by atoms with Gasteiger partial charge in [0.15, 0.2) is 0 Å². The van der Waals surface area contributed by atoms with Crippen LogP contribution in [-0.2, 0) is 6.54 Å². The molecule has 2 aromatic heterocycles. The van der Waals surface area contributed by atoms with Gasteiger partial charge in [-0.2, -0.15) is 0 Å². The van der Waals surface area contributed by atoms with Crippen LogP contribution in [-0.4, -0.2) is 33.2 Å². The van der Waals surface area contributed by atoms with Crippen molar-refractivity contribution in [3.63, 3.8) is 0 Å². The highest BCUT2D eigenvalue weighted by Gasteiger charge is 2.14. The van der Waals surface area contributed by atoms with Gasteiger partial charge in [-0.1, -0.05) is 13.8 Å². The second kappa shape index (κ2) is 6.68. The van der Waals surface area contributed by atoms with Crippen LogP contribution >= 0.6 is 11.5 Å². The van der Waals surface area contributed by atoms with Gasteiger partial charge in [-0.15, -0.1) is 0 Å². The van der Waals surface area contributed by atoms with E-state index in [-0.39, 0.29) is 5.56 Å². The summed E-state index contributed by atoms with van der Waals surface area (Å²) in [4.78, 5) is 17.5. The molecule has 0 saturated carbocycles. The largest absolute Gasteiger partial charge is 0.390 e. The zero-order chi connectivity index (χ0) is 15.6. The zero-order valence-electron chi connectivity index (χ0n) is 13.0. The van der Waals surface area contributed by atoms with Crippen molar-refractivity contribution in [1.82, 2.24) is 14.3 Å². The third kappa shape index (κ3) is 3.90. The number of hydrogen-bond donors (Lipinski definition) is 2. The number of nitrogens with one attached hydrogen (secondary N) is 1. The van der Waals surface area contributed by atoms with Gasteiger partial charge in [-0.25, -0.2) is 4.98 Å². The lowest BCUT2D eigenvalue weighted by Gasteiger charge is -2.12. The minimum Gasteiger partial charge on any atom is -0.390 e. The number of aliphatic hydroxyl groups is 1. The van der Waals surface area contributed by atoms with Gasteiger partial charge in [0, 0.05) is 12.2 Å². The molecule has 0 aliphatic rings. The second-order valence-corrected chi connectivity index (χ2v) is 6.93. The van der Waals surface area contributed by atoms with Gasteiger partial charge in [0.1, 0.15) is 4.83 Å². The number of hydrogen-bond acceptors (Lipinski definition) is 5. The molecule has 2 N–H and O–H groups in total. The lowest BCUT2D eigenvalue weighted by atomic mass is 10.2. The highest BCUT2D eigenvalue weighted by atomic mass is 32.1. The molecule has 1 unspecified atom stereocenters. The van der Waals surface area contributed by atoms with Crippen molar-refractivity contribution in [2.24, 2.45) is 5.92 Å². The number of aromatic nitrogens is 2. The van der Waals surface area contributed by atoms with Crippen LogP contribution in [0.2, 0.25) is 0 Å². The lowest BCUT2D eigenvalue weighted by Crippen LogP contribution is -2.33. The number of rotatable bonds is 6. The molecule has 2 rings (SSSR count). The highest BCUT2D eigenvalue weighted by Crippen LogP contribution is 2.19. The molecular weight excluding hydrogens is 286 g/mol. The quantitative estimate of drug-likeness (QED) is 0.852. The van der Waals surface area contributed by atoms with Gasteiger partial charge >= 0.3 is 0 Å². The van der Waals surface area contributed by atoms with Gasteiger partial charge in [0.2, 0.25) is 0 Å². The van der Waals surface area contributed by atoms with Crippen molar-refractivity contribution < 1.29 is 5.11 Å². The Hall–Kier alpha value is -1.24. The van der Waals surface area contributed by atoms with Crippen molar-refractivity contribution in [1.29, 1.82) is 0 Å². The molecule has 0 aliphatic carbocycles. The van der Waals surface area contributed by atoms with E-state index in [1.165, 1.54) is 11.5 Å². The zero-order valence-corrected chi connectivity index (χ0v) is 13.8. The van der Waals surface area contributed by atoms with Crippen LogP contribution in [0.15, 0.2) is 10.9 Å². The average molecular weight is 309 g/mol. The van der Waals surface area contributed by atoms with Crippen molar-refractivity contribution >= 4 is 21.7 Å². The van der Waals surface area contributed by atoms with Crippen LogP contribution in [0.1, 0.15) is 25.1 Å². The van der Waals surface area contributed by atoms with Gasteiger partial charge < -0.3 is 10.4 Å². The van der Waals surface area contributed by atoms with Gasteiger partial charge in [-0.3, -0.25) is 8.75 Å². The van der Waals surface area contributed by atoms with Gasteiger partial charge in [0.05, 0.1) is 18.0 Å². The lowest BCUT2D eigenvalue weighted by molar-refractivity contribution is 0.153. The van der Waals surface area contributed by atoms with E-state index in [9.17, 15) is 9.90 Å². The van der Waals surface area contributed by atoms with Crippen LogP contribution in [0.4, 0.5) is 0 Å². The number of pyridine rings is 1. The summed E-state index contributed by atoms with van der Waals surface area (Å²) in [5, 5.41) is 13.9. The summed E-state index contributed by atoms with van der Waals surface area (Å²) in [6.07, 6.45) is -0.573. The summed E-state index contributed by atoms with van der Waals surface area (Å²) in [5.41, 5.74) is 1.81. The van der Waals surface area contributed by atoms with Crippen LogP contribution in [0.25, 0.3) is 10.2 Å². The number of aryl methyl sites for hydroxylation is 2. The smallest absolute Gasteiger partial charge is 0.270 e. The molecule has 0 radical (unpaired) electrons. The molecular formula is C15H23N3O2S. The molecule has 0 aromatic carbocycles. The molecule has 0 aliphatic heterocycles. The predicted octanol–water partition coefficient (Wildman–Crippen LogP) is 1.68. The van der Waals surface area contributed by atoms with Gasteiger partial charge in [0.25, 0.3) is 5.56 Å². The Morgan fingerprint density at radius 3 is 2.76 bits per heavy atom. The van der Waals surface area contributed by atoms with Crippen LogP contribution in [0.3, 0.4) is 0 Å². The van der Waals surface area contributed by atoms with Gasteiger partial charge in [-0.05, 0) is 49.5 Å². The first-order chi connectivity index (χ1) is 9.88. The topological polar surface area (TPSA) is 67.2 Å². The fourth-order valence-corrected chi connectivity index (χ4v) is 3.47. The molecule has 0 spiro atoms. The minimum absolute atomic E-state index is 0.0529. The Bertz CT molecular complexity index is 675. The Morgan fingerprint density at radius 2 is 2.10 bits per heavy atom. The summed E-state index contributed by atoms with van der Waals surface area (Å²) in [5.74, 6) is 0.541. The Kier molecular flexibility index (Phi) is 5.13. The number of aliphatic hydroxyl groups excluding tert-OH is 1. The molecule has 1 atom stereocenters. The molecule has 0 saturated heterocycles. The Labute approximate surface area is 128 Å². The first-order valence-electron chi connectivity index (χ1n) is 7.25. The van der Waals surface area contributed by atoms with E-state index >= 15 is 0 Å². The SMILES string of the molecule is Cc1cc(C)c2c(=O)n(CC(O)CNCC(C)C)sc2n1. The molecule has 0 fully saturated rings. The standard InChI is InChI=1S/C15H23N3O2S/c1-9(2)6-16-7-12(19)8-18-15(20)13-10(3)5-11(4)17-14(13)21-18/h5,9,12,16,19H,6-8H2,1-4H3. The molecule has 6 heteroatoms. The van der Waals surface area contributed by atoms with Crippen molar-refractivity contribution in [2.75, 3.05) is 13.1 Å². The fourth-order valence-electron chi connectivity index (χ4n) is 2.31. The first kappa shape index (κ1) is 16.1. The maximum Gasteiger partial charge on any atom is 0.270 e. The Morgan fingerprint density at radius 1 is 1.38 bits per heavy atom. The maximum absolute atomic E-state index is 12.4. The molecule has 0 amide bonds. The average Bonchev–Trinajstić information content (AvgIpc) is 2.65. The fraction of sp³-hybridized carbons (Fsp3) is 0.600. The minimum atomic E-state index is -0.573. The highest BCUT2D eigenvalue weighted by molar-refractivity contribution is 7.13. The number of nitrogens with zero attached hydrogens (tertiary/aromatic N) is 2. The Balaban J connectivity index is 2.14. The van der Waals surface area contributed by atoms with Crippen LogP contribution in [0.5, 0.6) is 0 Å². The molecule has 0 bridgehead atoms. The van der Waals surface area contributed by atoms with Crippen LogP contribution in [0, 0.1) is 19.8 Å². The first-order valence-corrected chi connectivity index (χ1v) is 8.02. The normalized spacial score (nSPS) is 13.2. The molecule has 2 heterocycles. The third-order valence-electron chi connectivity index (χ3n) is 3.26. The van der Waals surface area contributed by atoms with Crippen LogP contribution < -0.4 is 10.9 Å². The van der Waals surface area contributed by atoms with E-state index in [2.05, 4.69) is 24.1 Å². The monoisotopic (exact) mass is 309 g/mol. The summed E-state index contributed by atoms with van der Waals surface area (Å²) in [6, 6.07) is 1.92. The van der Waals surface area contributed by atoms with E-state index in [1.807, 2.05) is 19.9 Å². The second-order valence-electron chi connectivity index (χ2n) is 5.92. The molecule has 21 heavy (non-hydrogen) atoms. The summed E-state index contributed by atoms with van der Waals surface area (Å²) in [6.45, 7) is 9.74. The van der Waals surface area contributed by atoms with E-state index in [0.29, 0.717) is 24.4 Å². The summed E-state index contributed by atoms with van der Waals surface area (Å²) < 4.78 is 1.60. The molecule has 5 nitrogen and oxygen atoms in total. The summed E-state index contributed by atoms with van der Waals surface area (Å²) >= 11 is 1.33.